The van der Waals surface area contributed by atoms with Crippen LogP contribution in [0.15, 0.2) is 22.7 Å². The van der Waals surface area contributed by atoms with Crippen molar-refractivity contribution >= 4 is 39.5 Å². The number of rotatable bonds is 4. The molecule has 1 aliphatic heterocycles. The topological polar surface area (TPSA) is 66.5 Å². The van der Waals surface area contributed by atoms with Gasteiger partial charge in [0, 0.05) is 4.47 Å². The van der Waals surface area contributed by atoms with Crippen molar-refractivity contribution in [1.29, 1.82) is 0 Å². The molecule has 1 fully saturated rings. The Morgan fingerprint density at radius 3 is 2.57 bits per heavy atom. The van der Waals surface area contributed by atoms with Gasteiger partial charge in [0.05, 0.1) is 5.69 Å². The zero-order chi connectivity index (χ0) is 15.6. The summed E-state index contributed by atoms with van der Waals surface area (Å²) in [5.74, 6) is -1.73. The van der Waals surface area contributed by atoms with Crippen molar-refractivity contribution in [3.05, 3.63) is 28.2 Å². The average molecular weight is 353 g/mol. The van der Waals surface area contributed by atoms with E-state index in [1.54, 1.807) is 12.1 Å². The Labute approximate surface area is 131 Å². The van der Waals surface area contributed by atoms with Crippen LogP contribution in [0, 0.1) is 5.92 Å². The zero-order valence-corrected chi connectivity index (χ0v) is 13.6. The first-order valence-corrected chi connectivity index (χ1v) is 7.76. The molecule has 1 atom stereocenters. The molecule has 112 valence electrons. The van der Waals surface area contributed by atoms with E-state index in [9.17, 15) is 14.4 Å². The number of imide groups is 2. The molecule has 1 aliphatic rings. The Morgan fingerprint density at radius 2 is 1.95 bits per heavy atom. The molecular weight excluding hydrogens is 336 g/mol. The second-order valence-electron chi connectivity index (χ2n) is 4.94. The number of aryl methyl sites for hydroxylation is 1. The number of halogens is 1. The van der Waals surface area contributed by atoms with Gasteiger partial charge >= 0.3 is 6.03 Å². The van der Waals surface area contributed by atoms with Crippen molar-refractivity contribution in [3.63, 3.8) is 0 Å². The van der Waals surface area contributed by atoms with Crippen LogP contribution in [-0.4, -0.2) is 17.8 Å². The third-order valence-corrected chi connectivity index (χ3v) is 4.00. The minimum absolute atomic E-state index is 0.437. The fourth-order valence-electron chi connectivity index (χ4n) is 2.44. The van der Waals surface area contributed by atoms with E-state index < -0.39 is 23.8 Å². The molecular formula is C15H17BrN2O3. The Hall–Kier alpha value is -1.69. The monoisotopic (exact) mass is 352 g/mol. The molecule has 0 radical (unpaired) electrons. The van der Waals surface area contributed by atoms with Crippen molar-refractivity contribution < 1.29 is 14.4 Å². The SMILES string of the molecule is CCCC1C(=O)NC(=O)N(c2ccc(Br)cc2CC)C1=O. The summed E-state index contributed by atoms with van der Waals surface area (Å²) in [6, 6.07) is 4.70. The van der Waals surface area contributed by atoms with Gasteiger partial charge in [-0.05, 0) is 36.6 Å². The van der Waals surface area contributed by atoms with E-state index in [1.807, 2.05) is 19.9 Å². The number of hydrogen-bond acceptors (Lipinski definition) is 3. The molecule has 2 rings (SSSR count). The largest absolute Gasteiger partial charge is 0.335 e. The molecule has 0 aromatic heterocycles. The van der Waals surface area contributed by atoms with Crippen LogP contribution in [0.4, 0.5) is 10.5 Å². The molecule has 5 nitrogen and oxygen atoms in total. The number of urea groups is 1. The van der Waals surface area contributed by atoms with E-state index in [-0.39, 0.29) is 0 Å². The molecule has 1 aromatic rings. The van der Waals surface area contributed by atoms with Gasteiger partial charge in [0.1, 0.15) is 5.92 Å². The fourth-order valence-corrected chi connectivity index (χ4v) is 2.85. The maximum absolute atomic E-state index is 12.5. The molecule has 4 amide bonds. The first kappa shape index (κ1) is 15.7. The predicted octanol–water partition coefficient (Wildman–Crippen LogP) is 3.01. The number of benzene rings is 1. The molecule has 0 saturated carbocycles. The molecule has 0 spiro atoms. The summed E-state index contributed by atoms with van der Waals surface area (Å²) in [4.78, 5) is 37.5. The normalized spacial score (nSPS) is 18.9. The molecule has 6 heteroatoms. The molecule has 1 aromatic carbocycles. The van der Waals surface area contributed by atoms with Crippen LogP contribution in [0.3, 0.4) is 0 Å². The highest BCUT2D eigenvalue weighted by Gasteiger charge is 2.41. The van der Waals surface area contributed by atoms with Crippen LogP contribution >= 0.6 is 15.9 Å². The van der Waals surface area contributed by atoms with Crippen LogP contribution in [0.25, 0.3) is 0 Å². The lowest BCUT2D eigenvalue weighted by atomic mass is 9.98. The van der Waals surface area contributed by atoms with E-state index >= 15 is 0 Å². The minimum atomic E-state index is -0.791. The summed E-state index contributed by atoms with van der Waals surface area (Å²) >= 11 is 3.38. The average Bonchev–Trinajstić information content (AvgIpc) is 2.44. The van der Waals surface area contributed by atoms with Crippen molar-refractivity contribution in [2.24, 2.45) is 5.92 Å². The lowest BCUT2D eigenvalue weighted by molar-refractivity contribution is -0.134. The van der Waals surface area contributed by atoms with Gasteiger partial charge in [-0.15, -0.1) is 0 Å². The molecule has 1 N–H and O–H groups in total. The number of nitrogens with zero attached hydrogens (tertiary/aromatic N) is 1. The number of amides is 4. The second-order valence-corrected chi connectivity index (χ2v) is 5.85. The minimum Gasteiger partial charge on any atom is -0.277 e. The van der Waals surface area contributed by atoms with Crippen LogP contribution < -0.4 is 10.2 Å². The third-order valence-electron chi connectivity index (χ3n) is 3.51. The maximum atomic E-state index is 12.5. The van der Waals surface area contributed by atoms with Gasteiger partial charge in [0.2, 0.25) is 11.8 Å². The smallest absolute Gasteiger partial charge is 0.277 e. The zero-order valence-electron chi connectivity index (χ0n) is 12.0. The number of anilines is 1. The van der Waals surface area contributed by atoms with E-state index in [4.69, 9.17) is 0 Å². The van der Waals surface area contributed by atoms with E-state index in [2.05, 4.69) is 21.2 Å². The van der Waals surface area contributed by atoms with Crippen molar-refractivity contribution in [1.82, 2.24) is 5.32 Å². The predicted molar refractivity (Wildman–Crippen MR) is 82.9 cm³/mol. The lowest BCUT2D eigenvalue weighted by Gasteiger charge is -2.31. The van der Waals surface area contributed by atoms with E-state index in [0.29, 0.717) is 24.9 Å². The highest BCUT2D eigenvalue weighted by atomic mass is 79.9. The highest BCUT2D eigenvalue weighted by molar-refractivity contribution is 9.10. The summed E-state index contributed by atoms with van der Waals surface area (Å²) in [5, 5.41) is 2.27. The number of nitrogens with one attached hydrogen (secondary N) is 1. The van der Waals surface area contributed by atoms with Crippen LogP contribution in [0.5, 0.6) is 0 Å². The number of carbonyl (C=O) groups is 3. The Bertz CT molecular complexity index is 601. The van der Waals surface area contributed by atoms with Crippen molar-refractivity contribution in [2.75, 3.05) is 4.90 Å². The molecule has 21 heavy (non-hydrogen) atoms. The lowest BCUT2D eigenvalue weighted by Crippen LogP contribution is -2.58. The van der Waals surface area contributed by atoms with Gasteiger partial charge in [-0.2, -0.15) is 0 Å². The van der Waals surface area contributed by atoms with E-state index in [1.165, 1.54) is 0 Å². The molecule has 0 aliphatic carbocycles. The van der Waals surface area contributed by atoms with Crippen LogP contribution in [-0.2, 0) is 16.0 Å². The van der Waals surface area contributed by atoms with Gasteiger partial charge in [-0.1, -0.05) is 36.2 Å². The summed E-state index contributed by atoms with van der Waals surface area (Å²) in [5.41, 5.74) is 1.41. The van der Waals surface area contributed by atoms with Gasteiger partial charge in [0.15, 0.2) is 0 Å². The summed E-state index contributed by atoms with van der Waals surface area (Å²) in [7, 11) is 0. The van der Waals surface area contributed by atoms with Gasteiger partial charge in [0.25, 0.3) is 0 Å². The summed E-state index contributed by atoms with van der Waals surface area (Å²) in [6.07, 6.45) is 1.82. The van der Waals surface area contributed by atoms with Gasteiger partial charge < -0.3 is 0 Å². The summed E-state index contributed by atoms with van der Waals surface area (Å²) in [6.45, 7) is 3.85. The van der Waals surface area contributed by atoms with Crippen molar-refractivity contribution in [2.45, 2.75) is 33.1 Å². The third kappa shape index (κ3) is 3.00. The molecule has 1 saturated heterocycles. The number of barbiturate groups is 1. The van der Waals surface area contributed by atoms with Crippen molar-refractivity contribution in [3.8, 4) is 0 Å². The standard InChI is InChI=1S/C15H17BrN2O3/c1-3-5-11-13(19)17-15(21)18(14(11)20)12-7-6-10(16)8-9(12)4-2/h6-8,11H,3-5H2,1-2H3,(H,17,19,21). The van der Waals surface area contributed by atoms with Gasteiger partial charge in [-0.25, -0.2) is 9.69 Å². The molecule has 0 bridgehead atoms. The first-order valence-electron chi connectivity index (χ1n) is 6.96. The first-order chi connectivity index (χ1) is 9.99. The molecule has 1 unspecified atom stereocenters. The quantitative estimate of drug-likeness (QED) is 0.847. The van der Waals surface area contributed by atoms with Gasteiger partial charge in [-0.3, -0.25) is 14.9 Å². The molecule has 1 heterocycles. The Kier molecular flexibility index (Phi) is 4.77. The van der Waals surface area contributed by atoms with Crippen LogP contribution in [0.2, 0.25) is 0 Å². The second kappa shape index (κ2) is 6.39. The van der Waals surface area contributed by atoms with Crippen LogP contribution in [0.1, 0.15) is 32.3 Å². The highest BCUT2D eigenvalue weighted by Crippen LogP contribution is 2.29. The van der Waals surface area contributed by atoms with E-state index in [0.717, 1.165) is 14.9 Å². The fraction of sp³-hybridized carbons (Fsp3) is 0.400. The Balaban J connectivity index is 2.44. The number of hydrogen-bond donors (Lipinski definition) is 1. The maximum Gasteiger partial charge on any atom is 0.335 e. The summed E-state index contributed by atoms with van der Waals surface area (Å²) < 4.78 is 0.883. The number of carbonyl (C=O) groups excluding carboxylic acids is 3. The Morgan fingerprint density at radius 1 is 1.24 bits per heavy atom.